The van der Waals surface area contributed by atoms with E-state index in [0.717, 1.165) is 31.7 Å². The van der Waals surface area contributed by atoms with Crippen molar-refractivity contribution in [2.45, 2.75) is 12.8 Å². The van der Waals surface area contributed by atoms with Crippen molar-refractivity contribution in [3.05, 3.63) is 11.1 Å². The Morgan fingerprint density at radius 3 is 2.55 bits per heavy atom. The summed E-state index contributed by atoms with van der Waals surface area (Å²) < 4.78 is 5.05. The summed E-state index contributed by atoms with van der Waals surface area (Å²) in [5, 5.41) is 7.18. The van der Waals surface area contributed by atoms with Crippen LogP contribution in [-0.4, -0.2) is 47.4 Å². The van der Waals surface area contributed by atoms with Gasteiger partial charge in [-0.25, -0.2) is 4.98 Å². The first-order valence-corrected chi connectivity index (χ1v) is 7.32. The standard InChI is InChI=1S/C12H15ClN6O.CH5N/c1-20-11-9(13)10(17-18-11)7-6-8(16-12(14)15-7)19-4-2-3-5-19;1-2/h6H,2-5H2,1H3,(H,17,18)(H2,14,15,16);2H2,1H3. The summed E-state index contributed by atoms with van der Waals surface area (Å²) in [6.45, 7) is 1.96. The number of ether oxygens (including phenoxy) is 1. The fraction of sp³-hybridized carbons (Fsp3) is 0.462. The van der Waals surface area contributed by atoms with Crippen LogP contribution in [0.2, 0.25) is 5.02 Å². The first kappa shape index (κ1) is 16.3. The van der Waals surface area contributed by atoms with Crippen LogP contribution in [0, 0.1) is 0 Å². The number of hydrogen-bond acceptors (Lipinski definition) is 7. The number of anilines is 2. The van der Waals surface area contributed by atoms with Crippen LogP contribution in [0.5, 0.6) is 5.88 Å². The van der Waals surface area contributed by atoms with Crippen molar-refractivity contribution in [3.63, 3.8) is 0 Å². The minimum Gasteiger partial charge on any atom is -0.479 e. The van der Waals surface area contributed by atoms with Gasteiger partial charge in [-0.05, 0) is 19.9 Å². The van der Waals surface area contributed by atoms with E-state index in [0.29, 0.717) is 22.3 Å². The van der Waals surface area contributed by atoms with Gasteiger partial charge in [-0.2, -0.15) is 4.98 Å². The van der Waals surface area contributed by atoms with Crippen LogP contribution in [0.4, 0.5) is 11.8 Å². The van der Waals surface area contributed by atoms with Crippen molar-refractivity contribution in [2.24, 2.45) is 5.73 Å². The highest BCUT2D eigenvalue weighted by Crippen LogP contribution is 2.33. The second kappa shape index (κ2) is 7.28. The third-order valence-corrected chi connectivity index (χ3v) is 3.64. The third kappa shape index (κ3) is 3.23. The van der Waals surface area contributed by atoms with Gasteiger partial charge >= 0.3 is 0 Å². The van der Waals surface area contributed by atoms with Crippen molar-refractivity contribution in [1.29, 1.82) is 0 Å². The lowest BCUT2D eigenvalue weighted by atomic mass is 10.3. The van der Waals surface area contributed by atoms with Gasteiger partial charge in [-0.3, -0.25) is 5.10 Å². The van der Waals surface area contributed by atoms with Gasteiger partial charge in [0.25, 0.3) is 5.88 Å². The predicted octanol–water partition coefficient (Wildman–Crippen LogP) is 1.29. The molecular formula is C13H20ClN7O. The van der Waals surface area contributed by atoms with Crippen molar-refractivity contribution >= 4 is 23.4 Å². The average molecular weight is 326 g/mol. The van der Waals surface area contributed by atoms with Crippen LogP contribution in [0.25, 0.3) is 11.4 Å². The summed E-state index contributed by atoms with van der Waals surface area (Å²) in [6.07, 6.45) is 2.33. The van der Waals surface area contributed by atoms with E-state index in [2.05, 4.69) is 30.8 Å². The van der Waals surface area contributed by atoms with Crippen LogP contribution in [0.15, 0.2) is 6.07 Å². The predicted molar refractivity (Wildman–Crippen MR) is 87.1 cm³/mol. The topological polar surface area (TPSA) is 119 Å². The summed E-state index contributed by atoms with van der Waals surface area (Å²) in [7, 11) is 3.01. The first-order chi connectivity index (χ1) is 10.7. The Morgan fingerprint density at radius 2 is 1.95 bits per heavy atom. The number of hydrogen-bond donors (Lipinski definition) is 3. The number of rotatable bonds is 3. The van der Waals surface area contributed by atoms with Gasteiger partial charge in [-0.1, -0.05) is 11.6 Å². The average Bonchev–Trinajstić information content (AvgIpc) is 3.18. The van der Waals surface area contributed by atoms with Gasteiger partial charge < -0.3 is 21.1 Å². The summed E-state index contributed by atoms with van der Waals surface area (Å²) in [5.41, 5.74) is 11.5. The molecule has 120 valence electrons. The molecule has 0 bridgehead atoms. The summed E-state index contributed by atoms with van der Waals surface area (Å²) in [6, 6.07) is 1.86. The molecule has 3 rings (SSSR count). The zero-order valence-corrected chi connectivity index (χ0v) is 13.4. The molecule has 0 unspecified atom stereocenters. The Labute approximate surface area is 133 Å². The molecule has 1 aliphatic heterocycles. The number of nitrogen functional groups attached to an aromatic ring is 1. The van der Waals surface area contributed by atoms with Crippen LogP contribution in [0.1, 0.15) is 12.8 Å². The van der Waals surface area contributed by atoms with Crippen molar-refractivity contribution < 1.29 is 4.74 Å². The highest BCUT2D eigenvalue weighted by molar-refractivity contribution is 6.34. The minimum atomic E-state index is 0.217. The molecule has 1 saturated heterocycles. The van der Waals surface area contributed by atoms with E-state index in [1.807, 2.05) is 6.07 Å². The zero-order valence-electron chi connectivity index (χ0n) is 12.6. The molecule has 22 heavy (non-hydrogen) atoms. The molecule has 9 heteroatoms. The van der Waals surface area contributed by atoms with E-state index in [1.165, 1.54) is 14.2 Å². The lowest BCUT2D eigenvalue weighted by Gasteiger charge is -2.17. The van der Waals surface area contributed by atoms with E-state index in [9.17, 15) is 0 Å². The Kier molecular flexibility index (Phi) is 5.40. The van der Waals surface area contributed by atoms with E-state index >= 15 is 0 Å². The number of aromatic nitrogens is 4. The monoisotopic (exact) mass is 325 g/mol. The SMILES string of the molecule is CN.COc1n[nH]c(-c2cc(N3CCCC3)nc(N)n2)c1Cl. The molecule has 0 radical (unpaired) electrons. The highest BCUT2D eigenvalue weighted by atomic mass is 35.5. The molecule has 0 aromatic carbocycles. The maximum Gasteiger partial charge on any atom is 0.252 e. The van der Waals surface area contributed by atoms with Gasteiger partial charge in [0.15, 0.2) is 0 Å². The lowest BCUT2D eigenvalue weighted by molar-refractivity contribution is 0.397. The van der Waals surface area contributed by atoms with E-state index < -0.39 is 0 Å². The van der Waals surface area contributed by atoms with E-state index in [1.54, 1.807) is 0 Å². The summed E-state index contributed by atoms with van der Waals surface area (Å²) in [4.78, 5) is 10.7. The molecule has 0 saturated carbocycles. The van der Waals surface area contributed by atoms with E-state index in [4.69, 9.17) is 22.1 Å². The first-order valence-electron chi connectivity index (χ1n) is 6.94. The molecular weight excluding hydrogens is 306 g/mol. The molecule has 0 amide bonds. The van der Waals surface area contributed by atoms with Crippen molar-refractivity contribution in [2.75, 3.05) is 37.9 Å². The van der Waals surface area contributed by atoms with Crippen LogP contribution in [0.3, 0.4) is 0 Å². The molecule has 0 atom stereocenters. The maximum atomic E-state index is 6.19. The molecule has 3 heterocycles. The second-order valence-electron chi connectivity index (χ2n) is 4.59. The molecule has 5 N–H and O–H groups in total. The molecule has 2 aromatic heterocycles. The number of halogens is 1. The van der Waals surface area contributed by atoms with Gasteiger partial charge in [0, 0.05) is 19.2 Å². The second-order valence-corrected chi connectivity index (χ2v) is 4.96. The Hall–Kier alpha value is -2.06. The number of nitrogens with zero attached hydrogens (tertiary/aromatic N) is 4. The van der Waals surface area contributed by atoms with Crippen molar-refractivity contribution in [1.82, 2.24) is 20.2 Å². The Morgan fingerprint density at radius 1 is 1.27 bits per heavy atom. The maximum absolute atomic E-state index is 6.19. The number of nitrogens with one attached hydrogen (secondary N) is 1. The highest BCUT2D eigenvalue weighted by Gasteiger charge is 2.19. The molecule has 2 aromatic rings. The van der Waals surface area contributed by atoms with Crippen LogP contribution >= 0.6 is 11.6 Å². The summed E-state index contributed by atoms with van der Waals surface area (Å²) >= 11 is 6.19. The number of nitrogens with two attached hydrogens (primary N) is 2. The number of methoxy groups -OCH3 is 1. The van der Waals surface area contributed by atoms with Crippen LogP contribution < -0.4 is 21.1 Å². The van der Waals surface area contributed by atoms with Gasteiger partial charge in [0.1, 0.15) is 16.5 Å². The normalized spacial score (nSPS) is 13.7. The molecule has 1 aliphatic rings. The third-order valence-electron chi connectivity index (χ3n) is 3.29. The molecule has 0 spiro atoms. The number of aromatic amines is 1. The van der Waals surface area contributed by atoms with Gasteiger partial charge in [0.05, 0.1) is 12.8 Å². The van der Waals surface area contributed by atoms with Crippen molar-refractivity contribution in [3.8, 4) is 17.3 Å². The fourth-order valence-corrected chi connectivity index (χ4v) is 2.56. The molecule has 0 aliphatic carbocycles. The smallest absolute Gasteiger partial charge is 0.252 e. The zero-order chi connectivity index (χ0) is 16.1. The lowest BCUT2D eigenvalue weighted by Crippen LogP contribution is -2.19. The molecule has 1 fully saturated rings. The van der Waals surface area contributed by atoms with Gasteiger partial charge in [-0.15, -0.1) is 5.10 Å². The largest absolute Gasteiger partial charge is 0.479 e. The summed E-state index contributed by atoms with van der Waals surface area (Å²) in [5.74, 6) is 1.37. The fourth-order valence-electron chi connectivity index (χ4n) is 2.31. The Bertz CT molecular complexity index is 625. The van der Waals surface area contributed by atoms with E-state index in [-0.39, 0.29) is 5.95 Å². The molecule has 8 nitrogen and oxygen atoms in total. The van der Waals surface area contributed by atoms with Gasteiger partial charge in [0.2, 0.25) is 5.95 Å². The van der Waals surface area contributed by atoms with Crippen LogP contribution in [-0.2, 0) is 0 Å². The Balaban J connectivity index is 0.000000847. The minimum absolute atomic E-state index is 0.217. The quantitative estimate of drug-likeness (QED) is 0.777. The number of H-pyrrole nitrogens is 1.